The number of rotatable bonds is 9. The van der Waals surface area contributed by atoms with E-state index in [2.05, 4.69) is 4.72 Å². The Morgan fingerprint density at radius 3 is 2.38 bits per heavy atom. The summed E-state index contributed by atoms with van der Waals surface area (Å²) < 4.78 is 47.0. The molecule has 0 fully saturated rings. The molecule has 3 aromatic rings. The van der Waals surface area contributed by atoms with Gasteiger partial charge in [0.25, 0.3) is 5.91 Å². The number of esters is 1. The predicted molar refractivity (Wildman–Crippen MR) is 125 cm³/mol. The summed E-state index contributed by atoms with van der Waals surface area (Å²) in [5.74, 6) is -1.80. The van der Waals surface area contributed by atoms with Crippen LogP contribution in [0, 0.1) is 12.7 Å². The predicted octanol–water partition coefficient (Wildman–Crippen LogP) is 3.43. The highest BCUT2D eigenvalue weighted by atomic mass is 32.2. The lowest BCUT2D eigenvalue weighted by molar-refractivity contribution is -0.133. The van der Waals surface area contributed by atoms with E-state index in [0.29, 0.717) is 11.1 Å². The molecule has 1 N–H and O–H groups in total. The van der Waals surface area contributed by atoms with Crippen LogP contribution in [0.15, 0.2) is 77.7 Å². The molecule has 0 bridgehead atoms. The van der Waals surface area contributed by atoms with Crippen molar-refractivity contribution in [2.75, 3.05) is 13.7 Å². The van der Waals surface area contributed by atoms with E-state index in [-0.39, 0.29) is 23.5 Å². The molecule has 0 saturated carbocycles. The van der Waals surface area contributed by atoms with Crippen LogP contribution in [0.5, 0.6) is 0 Å². The molecule has 0 saturated heterocycles. The van der Waals surface area contributed by atoms with Gasteiger partial charge in [0.2, 0.25) is 10.0 Å². The number of nitrogens with zero attached hydrogens (tertiary/aromatic N) is 1. The standard InChI is InChI=1S/C25H25FN2O5S/c1-18-12-13-20(14-23(18)34(31,32)27-15-19-8-4-3-5-9-19)25(30)33-17-24(29)28(2)16-21-10-6-7-11-22(21)26/h3-14,27H,15-17H2,1-2H3. The maximum absolute atomic E-state index is 13.8. The van der Waals surface area contributed by atoms with Crippen LogP contribution < -0.4 is 4.72 Å². The summed E-state index contributed by atoms with van der Waals surface area (Å²) in [6.45, 7) is 1.17. The van der Waals surface area contributed by atoms with E-state index in [4.69, 9.17) is 4.74 Å². The van der Waals surface area contributed by atoms with Gasteiger partial charge in [-0.15, -0.1) is 0 Å². The molecule has 0 spiro atoms. The number of amides is 1. The van der Waals surface area contributed by atoms with Crippen LogP contribution in [0.1, 0.15) is 27.0 Å². The van der Waals surface area contributed by atoms with Crippen molar-refractivity contribution >= 4 is 21.9 Å². The number of hydrogen-bond acceptors (Lipinski definition) is 5. The summed E-state index contributed by atoms with van der Waals surface area (Å²) in [6, 6.07) is 19.3. The summed E-state index contributed by atoms with van der Waals surface area (Å²) in [5, 5.41) is 0. The maximum atomic E-state index is 13.8. The third kappa shape index (κ3) is 6.49. The van der Waals surface area contributed by atoms with Crippen molar-refractivity contribution in [2.45, 2.75) is 24.9 Å². The molecule has 178 valence electrons. The number of benzene rings is 3. The van der Waals surface area contributed by atoms with Gasteiger partial charge in [-0.2, -0.15) is 0 Å². The normalized spacial score (nSPS) is 11.1. The molecule has 0 aliphatic heterocycles. The fraction of sp³-hybridized carbons (Fsp3) is 0.200. The Balaban J connectivity index is 1.63. The molecular formula is C25H25FN2O5S. The molecule has 3 aromatic carbocycles. The van der Waals surface area contributed by atoms with Crippen molar-refractivity contribution in [2.24, 2.45) is 0 Å². The number of halogens is 1. The van der Waals surface area contributed by atoms with Crippen LogP contribution >= 0.6 is 0 Å². The number of carbonyl (C=O) groups is 2. The number of nitrogens with one attached hydrogen (secondary N) is 1. The second kappa shape index (κ2) is 11.0. The highest BCUT2D eigenvalue weighted by molar-refractivity contribution is 7.89. The van der Waals surface area contributed by atoms with Crippen molar-refractivity contribution in [1.29, 1.82) is 0 Å². The Morgan fingerprint density at radius 1 is 1.00 bits per heavy atom. The number of ether oxygens (including phenoxy) is 1. The lowest BCUT2D eigenvalue weighted by atomic mass is 10.1. The molecule has 7 nitrogen and oxygen atoms in total. The fourth-order valence-electron chi connectivity index (χ4n) is 3.16. The molecule has 9 heteroatoms. The molecule has 3 rings (SSSR count). The Morgan fingerprint density at radius 2 is 1.68 bits per heavy atom. The number of aryl methyl sites for hydroxylation is 1. The van der Waals surface area contributed by atoms with Crippen LogP contribution in [-0.4, -0.2) is 38.8 Å². The summed E-state index contributed by atoms with van der Waals surface area (Å²) >= 11 is 0. The highest BCUT2D eigenvalue weighted by Crippen LogP contribution is 2.18. The van der Waals surface area contributed by atoms with Crippen molar-refractivity contribution < 1.29 is 27.1 Å². The van der Waals surface area contributed by atoms with Crippen molar-refractivity contribution in [1.82, 2.24) is 9.62 Å². The van der Waals surface area contributed by atoms with Gasteiger partial charge in [-0.25, -0.2) is 22.3 Å². The molecule has 0 heterocycles. The van der Waals surface area contributed by atoms with Crippen molar-refractivity contribution in [3.05, 3.63) is 101 Å². The fourth-order valence-corrected chi connectivity index (χ4v) is 4.45. The molecule has 1 amide bonds. The van der Waals surface area contributed by atoms with Gasteiger partial charge in [-0.05, 0) is 36.2 Å². The number of likely N-dealkylation sites (N-methyl/N-ethyl adjacent to an activating group) is 1. The molecule has 0 radical (unpaired) electrons. The number of carbonyl (C=O) groups excluding carboxylic acids is 2. The Labute approximate surface area is 198 Å². The van der Waals surface area contributed by atoms with E-state index in [1.54, 1.807) is 49.4 Å². The van der Waals surface area contributed by atoms with E-state index < -0.39 is 34.3 Å². The van der Waals surface area contributed by atoms with E-state index in [0.717, 1.165) is 5.56 Å². The van der Waals surface area contributed by atoms with Crippen LogP contribution in [-0.2, 0) is 32.6 Å². The van der Waals surface area contributed by atoms with Gasteiger partial charge in [-0.3, -0.25) is 4.79 Å². The maximum Gasteiger partial charge on any atom is 0.338 e. The third-order valence-corrected chi connectivity index (χ3v) is 6.68. The Hall–Kier alpha value is -3.56. The minimum Gasteiger partial charge on any atom is -0.452 e. The van der Waals surface area contributed by atoms with Gasteiger partial charge in [-0.1, -0.05) is 54.6 Å². The smallest absolute Gasteiger partial charge is 0.338 e. The minimum absolute atomic E-state index is 0.00440. The van der Waals surface area contributed by atoms with Crippen molar-refractivity contribution in [3.8, 4) is 0 Å². The first-order valence-corrected chi connectivity index (χ1v) is 11.9. The Kier molecular flexibility index (Phi) is 8.14. The van der Waals surface area contributed by atoms with Crippen molar-refractivity contribution in [3.63, 3.8) is 0 Å². The van der Waals surface area contributed by atoms with Gasteiger partial charge in [0.15, 0.2) is 6.61 Å². The van der Waals surface area contributed by atoms with Crippen LogP contribution in [0.2, 0.25) is 0 Å². The van der Waals surface area contributed by atoms with Gasteiger partial charge < -0.3 is 9.64 Å². The lowest BCUT2D eigenvalue weighted by Crippen LogP contribution is -2.31. The molecule has 0 unspecified atom stereocenters. The minimum atomic E-state index is -3.90. The second-order valence-electron chi connectivity index (χ2n) is 7.71. The molecule has 0 atom stereocenters. The van der Waals surface area contributed by atoms with Gasteiger partial charge in [0.05, 0.1) is 10.5 Å². The SMILES string of the molecule is Cc1ccc(C(=O)OCC(=O)N(C)Cc2ccccc2F)cc1S(=O)(=O)NCc1ccccc1. The highest BCUT2D eigenvalue weighted by Gasteiger charge is 2.21. The zero-order valence-electron chi connectivity index (χ0n) is 18.8. The van der Waals surface area contributed by atoms with E-state index in [9.17, 15) is 22.4 Å². The molecular weight excluding hydrogens is 459 g/mol. The quantitative estimate of drug-likeness (QED) is 0.470. The lowest BCUT2D eigenvalue weighted by Gasteiger charge is -2.17. The first-order chi connectivity index (χ1) is 16.2. The van der Waals surface area contributed by atoms with Crippen LogP contribution in [0.25, 0.3) is 0 Å². The van der Waals surface area contributed by atoms with Crippen LogP contribution in [0.3, 0.4) is 0 Å². The largest absolute Gasteiger partial charge is 0.452 e. The first-order valence-electron chi connectivity index (χ1n) is 10.5. The van der Waals surface area contributed by atoms with Gasteiger partial charge >= 0.3 is 5.97 Å². The summed E-state index contributed by atoms with van der Waals surface area (Å²) in [5.41, 5.74) is 1.58. The van der Waals surface area contributed by atoms with Gasteiger partial charge in [0.1, 0.15) is 5.82 Å². The zero-order chi connectivity index (χ0) is 24.7. The van der Waals surface area contributed by atoms with Crippen LogP contribution in [0.4, 0.5) is 4.39 Å². The zero-order valence-corrected chi connectivity index (χ0v) is 19.6. The summed E-state index contributed by atoms with van der Waals surface area (Å²) in [6.07, 6.45) is 0. The third-order valence-electron chi connectivity index (χ3n) is 5.14. The monoisotopic (exact) mass is 484 g/mol. The van der Waals surface area contributed by atoms with E-state index in [1.807, 2.05) is 6.07 Å². The Bertz CT molecular complexity index is 1280. The average molecular weight is 485 g/mol. The summed E-state index contributed by atoms with van der Waals surface area (Å²) in [7, 11) is -2.43. The summed E-state index contributed by atoms with van der Waals surface area (Å²) in [4.78, 5) is 26.0. The molecule has 0 aromatic heterocycles. The van der Waals surface area contributed by atoms with E-state index >= 15 is 0 Å². The molecule has 0 aliphatic rings. The molecule has 0 aliphatic carbocycles. The average Bonchev–Trinajstić information content (AvgIpc) is 2.83. The topological polar surface area (TPSA) is 92.8 Å². The first kappa shape index (κ1) is 25.1. The number of hydrogen-bond donors (Lipinski definition) is 1. The van der Waals surface area contributed by atoms with E-state index in [1.165, 1.54) is 36.2 Å². The molecule has 34 heavy (non-hydrogen) atoms. The number of sulfonamides is 1. The second-order valence-corrected chi connectivity index (χ2v) is 9.44. The van der Waals surface area contributed by atoms with Gasteiger partial charge in [0, 0.05) is 25.7 Å².